The number of aromatic nitrogens is 2. The molecule has 4 heteroatoms. The molecule has 0 aliphatic rings. The van der Waals surface area contributed by atoms with E-state index in [9.17, 15) is 0 Å². The van der Waals surface area contributed by atoms with Crippen LogP contribution in [0, 0.1) is 0 Å². The van der Waals surface area contributed by atoms with E-state index in [4.69, 9.17) is 4.42 Å². The van der Waals surface area contributed by atoms with Crippen molar-refractivity contribution in [2.45, 2.75) is 32.7 Å². The summed E-state index contributed by atoms with van der Waals surface area (Å²) >= 11 is 0. The minimum atomic E-state index is 0.0484. The first-order valence-electron chi connectivity index (χ1n) is 7.21. The highest BCUT2D eigenvalue weighted by atomic mass is 16.3. The summed E-state index contributed by atoms with van der Waals surface area (Å²) in [5.74, 6) is 2.88. The molecule has 0 amide bonds. The van der Waals surface area contributed by atoms with Gasteiger partial charge in [0.05, 0.1) is 6.04 Å². The first kappa shape index (κ1) is 13.6. The lowest BCUT2D eigenvalue weighted by Gasteiger charge is -2.13. The lowest BCUT2D eigenvalue weighted by atomic mass is 10.2. The molecule has 0 bridgehead atoms. The van der Waals surface area contributed by atoms with Crippen LogP contribution in [0.15, 0.2) is 47.0 Å². The van der Waals surface area contributed by atoms with Gasteiger partial charge in [-0.05, 0) is 25.1 Å². The van der Waals surface area contributed by atoms with Crippen molar-refractivity contribution in [1.29, 1.82) is 0 Å². The van der Waals surface area contributed by atoms with Crippen LogP contribution in [-0.4, -0.2) is 9.97 Å². The molecule has 1 atom stereocenters. The van der Waals surface area contributed by atoms with Gasteiger partial charge in [-0.25, -0.2) is 9.97 Å². The maximum atomic E-state index is 5.87. The Kier molecular flexibility index (Phi) is 3.60. The van der Waals surface area contributed by atoms with Crippen molar-refractivity contribution in [3.8, 4) is 0 Å². The third-order valence-corrected chi connectivity index (χ3v) is 3.43. The molecule has 3 rings (SSSR count). The summed E-state index contributed by atoms with van der Waals surface area (Å²) in [5.41, 5.74) is 0.909. The van der Waals surface area contributed by atoms with E-state index in [0.29, 0.717) is 5.92 Å². The average Bonchev–Trinajstić information content (AvgIpc) is 2.91. The molecule has 0 aliphatic heterocycles. The molecule has 0 radical (unpaired) electrons. The zero-order valence-electron chi connectivity index (χ0n) is 12.5. The predicted molar refractivity (Wildman–Crippen MR) is 84.4 cm³/mol. The fourth-order valence-corrected chi connectivity index (χ4v) is 2.24. The summed E-state index contributed by atoms with van der Waals surface area (Å²) in [6, 6.07) is 12.0. The van der Waals surface area contributed by atoms with E-state index in [1.54, 1.807) is 6.20 Å². The Bertz CT molecular complexity index is 715. The first-order chi connectivity index (χ1) is 10.1. The summed E-state index contributed by atoms with van der Waals surface area (Å²) in [6.45, 7) is 6.23. The van der Waals surface area contributed by atoms with Crippen LogP contribution in [-0.2, 0) is 0 Å². The summed E-state index contributed by atoms with van der Waals surface area (Å²) in [5, 5.41) is 4.49. The number of para-hydroxylation sites is 1. The first-order valence-corrected chi connectivity index (χ1v) is 7.21. The Hall–Kier alpha value is -2.36. The summed E-state index contributed by atoms with van der Waals surface area (Å²) in [6.07, 6.45) is 1.79. The van der Waals surface area contributed by atoms with Crippen molar-refractivity contribution in [3.05, 3.63) is 54.2 Å². The molecule has 0 unspecified atom stereocenters. The third kappa shape index (κ3) is 2.89. The molecule has 2 aromatic heterocycles. The van der Waals surface area contributed by atoms with Crippen molar-refractivity contribution < 1.29 is 4.42 Å². The van der Waals surface area contributed by atoms with Crippen molar-refractivity contribution in [1.82, 2.24) is 9.97 Å². The summed E-state index contributed by atoms with van der Waals surface area (Å²) in [7, 11) is 0. The molecule has 0 aliphatic carbocycles. The van der Waals surface area contributed by atoms with E-state index in [-0.39, 0.29) is 6.04 Å². The SMILES string of the molecule is CC(C)c1nccc(N[C@H](C)c2cc3ccccc3o2)n1. The van der Waals surface area contributed by atoms with Crippen LogP contribution in [0.3, 0.4) is 0 Å². The van der Waals surface area contributed by atoms with Crippen LogP contribution in [0.25, 0.3) is 11.0 Å². The van der Waals surface area contributed by atoms with E-state index in [0.717, 1.165) is 28.4 Å². The number of hydrogen-bond acceptors (Lipinski definition) is 4. The highest BCUT2D eigenvalue weighted by Crippen LogP contribution is 2.25. The van der Waals surface area contributed by atoms with Crippen LogP contribution >= 0.6 is 0 Å². The van der Waals surface area contributed by atoms with Gasteiger partial charge in [-0.3, -0.25) is 0 Å². The van der Waals surface area contributed by atoms with Crippen LogP contribution in [0.2, 0.25) is 0 Å². The molecule has 0 fully saturated rings. The highest BCUT2D eigenvalue weighted by molar-refractivity contribution is 5.77. The standard InChI is InChI=1S/C17H19N3O/c1-11(2)17-18-9-8-16(20-17)19-12(3)15-10-13-6-4-5-7-14(13)21-15/h4-12H,1-3H3,(H,18,19,20)/t12-/m1/s1. The van der Waals surface area contributed by atoms with Crippen molar-refractivity contribution in [2.75, 3.05) is 5.32 Å². The van der Waals surface area contributed by atoms with Gasteiger partial charge in [0.15, 0.2) is 0 Å². The predicted octanol–water partition coefficient (Wildman–Crippen LogP) is 4.52. The van der Waals surface area contributed by atoms with Gasteiger partial charge in [0.25, 0.3) is 0 Å². The number of nitrogens with one attached hydrogen (secondary N) is 1. The second-order valence-electron chi connectivity index (χ2n) is 5.51. The van der Waals surface area contributed by atoms with E-state index < -0.39 is 0 Å². The van der Waals surface area contributed by atoms with Crippen LogP contribution < -0.4 is 5.32 Å². The number of anilines is 1. The van der Waals surface area contributed by atoms with Crippen LogP contribution in [0.1, 0.15) is 44.3 Å². The number of fused-ring (bicyclic) bond motifs is 1. The molecular formula is C17H19N3O. The van der Waals surface area contributed by atoms with Crippen molar-refractivity contribution in [3.63, 3.8) is 0 Å². The Morgan fingerprint density at radius 3 is 2.67 bits per heavy atom. The lowest BCUT2D eigenvalue weighted by Crippen LogP contribution is -2.09. The molecule has 108 valence electrons. The monoisotopic (exact) mass is 281 g/mol. The molecule has 0 saturated heterocycles. The van der Waals surface area contributed by atoms with Gasteiger partial charge < -0.3 is 9.73 Å². The molecule has 4 nitrogen and oxygen atoms in total. The number of nitrogens with zero attached hydrogens (tertiary/aromatic N) is 2. The zero-order valence-corrected chi connectivity index (χ0v) is 12.5. The molecule has 21 heavy (non-hydrogen) atoms. The number of rotatable bonds is 4. The largest absolute Gasteiger partial charge is 0.459 e. The lowest BCUT2D eigenvalue weighted by molar-refractivity contribution is 0.525. The maximum Gasteiger partial charge on any atom is 0.134 e. The van der Waals surface area contributed by atoms with Gasteiger partial charge in [0, 0.05) is 17.5 Å². The highest BCUT2D eigenvalue weighted by Gasteiger charge is 2.12. The Morgan fingerprint density at radius 1 is 1.10 bits per heavy atom. The molecular weight excluding hydrogens is 262 g/mol. The molecule has 3 aromatic rings. The van der Waals surface area contributed by atoms with E-state index in [2.05, 4.69) is 48.2 Å². The molecule has 0 saturated carbocycles. The molecule has 1 N–H and O–H groups in total. The third-order valence-electron chi connectivity index (χ3n) is 3.43. The maximum absolute atomic E-state index is 5.87. The smallest absolute Gasteiger partial charge is 0.134 e. The second-order valence-corrected chi connectivity index (χ2v) is 5.51. The van der Waals surface area contributed by atoms with Gasteiger partial charge in [-0.15, -0.1) is 0 Å². The Morgan fingerprint density at radius 2 is 1.90 bits per heavy atom. The average molecular weight is 281 g/mol. The van der Waals surface area contributed by atoms with E-state index >= 15 is 0 Å². The Balaban J connectivity index is 1.82. The van der Waals surface area contributed by atoms with E-state index in [1.807, 2.05) is 24.3 Å². The topological polar surface area (TPSA) is 51.0 Å². The zero-order chi connectivity index (χ0) is 14.8. The fraction of sp³-hybridized carbons (Fsp3) is 0.294. The Labute approximate surface area is 124 Å². The summed E-state index contributed by atoms with van der Waals surface area (Å²) < 4.78 is 5.87. The summed E-state index contributed by atoms with van der Waals surface area (Å²) in [4.78, 5) is 8.81. The molecule has 0 spiro atoms. The number of hydrogen-bond donors (Lipinski definition) is 1. The molecule has 1 aromatic carbocycles. The van der Waals surface area contributed by atoms with Crippen molar-refractivity contribution >= 4 is 16.8 Å². The number of furan rings is 1. The normalized spacial score (nSPS) is 12.8. The van der Waals surface area contributed by atoms with Gasteiger partial charge in [0.2, 0.25) is 0 Å². The molecule has 2 heterocycles. The second kappa shape index (κ2) is 5.56. The van der Waals surface area contributed by atoms with Crippen LogP contribution in [0.4, 0.5) is 5.82 Å². The minimum absolute atomic E-state index is 0.0484. The van der Waals surface area contributed by atoms with Gasteiger partial charge in [0.1, 0.15) is 23.0 Å². The fourth-order valence-electron chi connectivity index (χ4n) is 2.24. The van der Waals surface area contributed by atoms with E-state index in [1.165, 1.54) is 0 Å². The van der Waals surface area contributed by atoms with Gasteiger partial charge in [-0.2, -0.15) is 0 Å². The quantitative estimate of drug-likeness (QED) is 0.764. The minimum Gasteiger partial charge on any atom is -0.459 e. The van der Waals surface area contributed by atoms with Crippen LogP contribution in [0.5, 0.6) is 0 Å². The van der Waals surface area contributed by atoms with Crippen molar-refractivity contribution in [2.24, 2.45) is 0 Å². The van der Waals surface area contributed by atoms with Gasteiger partial charge in [-0.1, -0.05) is 32.0 Å². The van der Waals surface area contributed by atoms with Gasteiger partial charge >= 0.3 is 0 Å². The number of benzene rings is 1.